The van der Waals surface area contributed by atoms with Crippen LogP contribution < -0.4 is 0 Å². The molecule has 0 saturated carbocycles. The molecule has 0 radical (unpaired) electrons. The number of aromatic nitrogens is 2. The zero-order valence-corrected chi connectivity index (χ0v) is 9.12. The van der Waals surface area contributed by atoms with Gasteiger partial charge in [0.05, 0.1) is 17.6 Å². The third kappa shape index (κ3) is 1.82. The van der Waals surface area contributed by atoms with Crippen molar-refractivity contribution in [2.45, 2.75) is 0 Å². The van der Waals surface area contributed by atoms with Crippen LogP contribution in [0.2, 0.25) is 0 Å². The van der Waals surface area contributed by atoms with E-state index in [1.807, 2.05) is 0 Å². The summed E-state index contributed by atoms with van der Waals surface area (Å²) in [6, 6.07) is 6.47. The largest absolute Gasteiger partial charge is 0.478 e. The first kappa shape index (κ1) is 11.1. The van der Waals surface area contributed by atoms with Crippen molar-refractivity contribution in [3.63, 3.8) is 0 Å². The number of imidazole rings is 1. The Bertz CT molecular complexity index is 587. The van der Waals surface area contributed by atoms with Crippen molar-refractivity contribution in [3.8, 4) is 11.3 Å². The summed E-state index contributed by atoms with van der Waals surface area (Å²) in [6.07, 6.45) is 2.15. The summed E-state index contributed by atoms with van der Waals surface area (Å²) in [5, 5.41) is 9.07. The van der Waals surface area contributed by atoms with Gasteiger partial charge in [0.2, 0.25) is 0 Å². The number of hydrogen-bond acceptors (Lipinski definition) is 3. The third-order valence-corrected chi connectivity index (χ3v) is 2.51. The first-order valence-corrected chi connectivity index (χ1v) is 4.94. The summed E-state index contributed by atoms with van der Waals surface area (Å²) in [5.41, 5.74) is 1.33. The highest BCUT2D eigenvalue weighted by Crippen LogP contribution is 2.24. The highest BCUT2D eigenvalue weighted by atomic mass is 16.4. The lowest BCUT2D eigenvalue weighted by molar-refractivity contribution is 0.0697. The van der Waals surface area contributed by atoms with Crippen LogP contribution in [-0.4, -0.2) is 26.9 Å². The van der Waals surface area contributed by atoms with Gasteiger partial charge in [-0.3, -0.25) is 4.79 Å². The molecule has 1 heterocycles. The van der Waals surface area contributed by atoms with Crippen LogP contribution in [0.3, 0.4) is 0 Å². The average Bonchev–Trinajstić information content (AvgIpc) is 2.70. The lowest BCUT2D eigenvalue weighted by Gasteiger charge is -2.03. The average molecular weight is 230 g/mol. The molecule has 5 nitrogen and oxygen atoms in total. The zero-order chi connectivity index (χ0) is 12.4. The molecule has 1 aromatic heterocycles. The molecule has 0 aliphatic carbocycles. The molecule has 0 bridgehead atoms. The Kier molecular flexibility index (Phi) is 2.74. The number of aldehydes is 1. The predicted octanol–water partition coefficient (Wildman–Crippen LogP) is 1.60. The maximum Gasteiger partial charge on any atom is 0.336 e. The number of rotatable bonds is 3. The van der Waals surface area contributed by atoms with Gasteiger partial charge in [-0.05, 0) is 6.07 Å². The molecule has 0 saturated heterocycles. The van der Waals surface area contributed by atoms with E-state index in [4.69, 9.17) is 5.11 Å². The van der Waals surface area contributed by atoms with E-state index < -0.39 is 5.97 Å². The fourth-order valence-corrected chi connectivity index (χ4v) is 1.66. The van der Waals surface area contributed by atoms with Crippen LogP contribution in [0.25, 0.3) is 11.3 Å². The molecule has 0 spiro atoms. The molecule has 86 valence electrons. The van der Waals surface area contributed by atoms with Gasteiger partial charge >= 0.3 is 5.97 Å². The number of hydrogen-bond donors (Lipinski definition) is 1. The minimum absolute atomic E-state index is 0.134. The molecule has 0 aliphatic rings. The van der Waals surface area contributed by atoms with Gasteiger partial charge in [-0.25, -0.2) is 9.78 Å². The summed E-state index contributed by atoms with van der Waals surface area (Å²) in [7, 11) is 1.68. The van der Waals surface area contributed by atoms with E-state index >= 15 is 0 Å². The number of benzene rings is 1. The van der Waals surface area contributed by atoms with Crippen molar-refractivity contribution >= 4 is 12.3 Å². The second kappa shape index (κ2) is 4.21. The number of aryl methyl sites for hydroxylation is 1. The normalized spacial score (nSPS) is 10.2. The van der Waals surface area contributed by atoms with Crippen molar-refractivity contribution < 1.29 is 14.7 Å². The highest BCUT2D eigenvalue weighted by molar-refractivity contribution is 5.97. The smallest absolute Gasteiger partial charge is 0.336 e. The van der Waals surface area contributed by atoms with Gasteiger partial charge in [-0.1, -0.05) is 18.2 Å². The Morgan fingerprint density at radius 3 is 2.76 bits per heavy atom. The van der Waals surface area contributed by atoms with Crippen LogP contribution >= 0.6 is 0 Å². The first-order chi connectivity index (χ1) is 8.15. The molecule has 1 aromatic carbocycles. The van der Waals surface area contributed by atoms with Gasteiger partial charge in [-0.15, -0.1) is 0 Å². The monoisotopic (exact) mass is 230 g/mol. The van der Waals surface area contributed by atoms with E-state index in [9.17, 15) is 9.59 Å². The van der Waals surface area contributed by atoms with Crippen LogP contribution in [0.4, 0.5) is 0 Å². The van der Waals surface area contributed by atoms with Gasteiger partial charge in [0.15, 0.2) is 6.29 Å². The van der Waals surface area contributed by atoms with Crippen molar-refractivity contribution in [2.24, 2.45) is 7.05 Å². The fraction of sp³-hybridized carbons (Fsp3) is 0.0833. The predicted molar refractivity (Wildman–Crippen MR) is 61.0 cm³/mol. The SMILES string of the molecule is Cn1cnc(-c2ccccc2C(=O)O)c1C=O. The molecule has 2 aromatic rings. The van der Waals surface area contributed by atoms with E-state index in [0.717, 1.165) is 0 Å². The van der Waals surface area contributed by atoms with Crippen LogP contribution in [0.1, 0.15) is 20.8 Å². The molecular weight excluding hydrogens is 220 g/mol. The molecule has 0 atom stereocenters. The standard InChI is InChI=1S/C12H10N2O3/c1-14-7-13-11(10(14)6-15)8-4-2-3-5-9(8)12(16)17/h2-7H,1H3,(H,16,17). The van der Waals surface area contributed by atoms with E-state index in [0.29, 0.717) is 23.2 Å². The van der Waals surface area contributed by atoms with E-state index in [2.05, 4.69) is 4.98 Å². The Morgan fingerprint density at radius 1 is 1.41 bits per heavy atom. The molecule has 17 heavy (non-hydrogen) atoms. The molecule has 2 rings (SSSR count). The maximum absolute atomic E-state index is 11.1. The van der Waals surface area contributed by atoms with Gasteiger partial charge in [0.25, 0.3) is 0 Å². The summed E-state index contributed by atoms with van der Waals surface area (Å²) in [5.74, 6) is -1.04. The van der Waals surface area contributed by atoms with Gasteiger partial charge < -0.3 is 9.67 Å². The summed E-state index contributed by atoms with van der Waals surface area (Å²) in [6.45, 7) is 0. The number of carboxylic acid groups (broad SMARTS) is 1. The topological polar surface area (TPSA) is 72.2 Å². The molecular formula is C12H10N2O3. The van der Waals surface area contributed by atoms with Crippen molar-refractivity contribution in [1.29, 1.82) is 0 Å². The second-order valence-electron chi connectivity index (χ2n) is 3.56. The van der Waals surface area contributed by atoms with E-state index in [1.54, 1.807) is 29.8 Å². The molecule has 1 N–H and O–H groups in total. The number of nitrogens with zero attached hydrogens (tertiary/aromatic N) is 2. The lowest BCUT2D eigenvalue weighted by Crippen LogP contribution is -2.01. The van der Waals surface area contributed by atoms with Crippen LogP contribution in [0.15, 0.2) is 30.6 Å². The van der Waals surface area contributed by atoms with Gasteiger partial charge in [0.1, 0.15) is 5.69 Å². The van der Waals surface area contributed by atoms with Crippen molar-refractivity contribution in [2.75, 3.05) is 0 Å². The Morgan fingerprint density at radius 2 is 2.12 bits per heavy atom. The molecule has 0 aliphatic heterocycles. The van der Waals surface area contributed by atoms with Gasteiger partial charge in [-0.2, -0.15) is 0 Å². The van der Waals surface area contributed by atoms with Crippen LogP contribution in [0.5, 0.6) is 0 Å². The molecule has 0 unspecified atom stereocenters. The van der Waals surface area contributed by atoms with Crippen molar-refractivity contribution in [3.05, 3.63) is 41.9 Å². The minimum Gasteiger partial charge on any atom is -0.478 e. The summed E-state index contributed by atoms with van der Waals surface area (Å²) >= 11 is 0. The second-order valence-corrected chi connectivity index (χ2v) is 3.56. The van der Waals surface area contributed by atoms with Crippen molar-refractivity contribution in [1.82, 2.24) is 9.55 Å². The van der Waals surface area contributed by atoms with Gasteiger partial charge in [0, 0.05) is 12.6 Å². The lowest BCUT2D eigenvalue weighted by atomic mass is 10.0. The van der Waals surface area contributed by atoms with Crippen LogP contribution in [0, 0.1) is 0 Å². The molecule has 0 fully saturated rings. The summed E-state index contributed by atoms with van der Waals surface area (Å²) < 4.78 is 1.56. The van der Waals surface area contributed by atoms with E-state index in [1.165, 1.54) is 12.4 Å². The fourth-order valence-electron chi connectivity index (χ4n) is 1.66. The number of carbonyl (C=O) groups excluding carboxylic acids is 1. The quantitative estimate of drug-likeness (QED) is 0.813. The van der Waals surface area contributed by atoms with E-state index in [-0.39, 0.29) is 5.56 Å². The molecule has 0 amide bonds. The maximum atomic E-state index is 11.1. The minimum atomic E-state index is -1.04. The number of carbonyl (C=O) groups is 2. The summed E-state index contributed by atoms with van der Waals surface area (Å²) in [4.78, 5) is 26.1. The zero-order valence-electron chi connectivity index (χ0n) is 9.12. The number of aromatic carboxylic acids is 1. The Labute approximate surface area is 97.3 Å². The highest BCUT2D eigenvalue weighted by Gasteiger charge is 2.16. The third-order valence-electron chi connectivity index (χ3n) is 2.51. The first-order valence-electron chi connectivity index (χ1n) is 4.94. The Balaban J connectivity index is 2.68. The Hall–Kier alpha value is -2.43. The number of carboxylic acids is 1. The molecule has 5 heteroatoms. The van der Waals surface area contributed by atoms with Crippen LogP contribution in [-0.2, 0) is 7.05 Å².